The molecule has 0 aliphatic rings. The monoisotopic (exact) mass is 278 g/mol. The van der Waals surface area contributed by atoms with E-state index < -0.39 is 0 Å². The fourth-order valence-corrected chi connectivity index (χ4v) is 2.22. The Kier molecular flexibility index (Phi) is 7.09. The summed E-state index contributed by atoms with van der Waals surface area (Å²) in [6, 6.07) is 7.56. The second kappa shape index (κ2) is 8.59. The molecule has 0 heterocycles. The van der Waals surface area contributed by atoms with Crippen LogP contribution in [0.3, 0.4) is 0 Å². The normalized spacial score (nSPS) is 12.2. The van der Waals surface area contributed by atoms with Crippen molar-refractivity contribution in [2.45, 2.75) is 39.7 Å². The van der Waals surface area contributed by atoms with Gasteiger partial charge in [0.25, 0.3) is 0 Å². The highest BCUT2D eigenvalue weighted by atomic mass is 16.3. The molecule has 112 valence electrons. The molecule has 20 heavy (non-hydrogen) atoms. The summed E-state index contributed by atoms with van der Waals surface area (Å²) in [6.45, 7) is 8.37. The molecule has 0 spiro atoms. The van der Waals surface area contributed by atoms with E-state index in [9.17, 15) is 9.90 Å². The van der Waals surface area contributed by atoms with Gasteiger partial charge in [-0.15, -0.1) is 0 Å². The van der Waals surface area contributed by atoms with Gasteiger partial charge in [0.1, 0.15) is 5.75 Å². The first-order valence-electron chi connectivity index (χ1n) is 7.35. The Balaban J connectivity index is 2.28. The topological polar surface area (TPSA) is 52.6 Å². The number of carbonyl (C=O) groups excluding carboxylic acids is 1. The predicted molar refractivity (Wildman–Crippen MR) is 81.8 cm³/mol. The quantitative estimate of drug-likeness (QED) is 0.766. The molecule has 1 aromatic carbocycles. The number of carbonyl (C=O) groups is 1. The lowest BCUT2D eigenvalue weighted by atomic mass is 10.1. The minimum absolute atomic E-state index is 0.208. The van der Waals surface area contributed by atoms with E-state index in [-0.39, 0.29) is 5.91 Å². The molecule has 0 saturated carbocycles. The van der Waals surface area contributed by atoms with E-state index in [1.165, 1.54) is 5.56 Å². The lowest BCUT2D eigenvalue weighted by Crippen LogP contribution is -2.35. The first-order valence-corrected chi connectivity index (χ1v) is 7.35. The first-order chi connectivity index (χ1) is 9.56. The maximum absolute atomic E-state index is 11.8. The molecule has 0 aliphatic carbocycles. The Hall–Kier alpha value is -1.55. The summed E-state index contributed by atoms with van der Waals surface area (Å²) >= 11 is 0. The number of benzene rings is 1. The average molecular weight is 278 g/mol. The van der Waals surface area contributed by atoms with Gasteiger partial charge in [-0.05, 0) is 44.9 Å². The second-order valence-electron chi connectivity index (χ2n) is 5.04. The standard InChI is InChI=1S/C16H26N2O2/c1-4-18(5-2)16(20)10-11-17-13(3)12-14-6-8-15(19)9-7-14/h6-9,13,17,19H,4-5,10-12H2,1-3H3. The molecular weight excluding hydrogens is 252 g/mol. The highest BCUT2D eigenvalue weighted by molar-refractivity contribution is 5.76. The molecule has 0 aromatic heterocycles. The third-order valence-corrected chi connectivity index (χ3v) is 3.43. The van der Waals surface area contributed by atoms with E-state index >= 15 is 0 Å². The van der Waals surface area contributed by atoms with Gasteiger partial charge in [-0.3, -0.25) is 4.79 Å². The van der Waals surface area contributed by atoms with Gasteiger partial charge < -0.3 is 15.3 Å². The van der Waals surface area contributed by atoms with E-state index in [4.69, 9.17) is 0 Å². The maximum atomic E-state index is 11.8. The molecule has 4 nitrogen and oxygen atoms in total. The van der Waals surface area contributed by atoms with Crippen molar-refractivity contribution in [3.63, 3.8) is 0 Å². The number of phenolic OH excluding ortho intramolecular Hbond substituents is 1. The van der Waals surface area contributed by atoms with Crippen LogP contribution in [0.4, 0.5) is 0 Å². The predicted octanol–water partition coefficient (Wildman–Crippen LogP) is 2.17. The first kappa shape index (κ1) is 16.5. The van der Waals surface area contributed by atoms with Crippen molar-refractivity contribution in [1.29, 1.82) is 0 Å². The van der Waals surface area contributed by atoms with E-state index in [0.29, 0.717) is 24.8 Å². The zero-order chi connectivity index (χ0) is 15.0. The Morgan fingerprint density at radius 2 is 1.85 bits per heavy atom. The zero-order valence-corrected chi connectivity index (χ0v) is 12.7. The van der Waals surface area contributed by atoms with Gasteiger partial charge in [0, 0.05) is 32.1 Å². The van der Waals surface area contributed by atoms with Gasteiger partial charge in [0.15, 0.2) is 0 Å². The number of amides is 1. The van der Waals surface area contributed by atoms with E-state index in [0.717, 1.165) is 19.5 Å². The van der Waals surface area contributed by atoms with Crippen LogP contribution >= 0.6 is 0 Å². The van der Waals surface area contributed by atoms with Crippen LogP contribution in [-0.4, -0.2) is 41.6 Å². The molecule has 1 amide bonds. The summed E-state index contributed by atoms with van der Waals surface area (Å²) in [5.41, 5.74) is 1.18. The van der Waals surface area contributed by atoms with E-state index in [1.807, 2.05) is 30.9 Å². The highest BCUT2D eigenvalue weighted by Gasteiger charge is 2.09. The van der Waals surface area contributed by atoms with Crippen LogP contribution < -0.4 is 5.32 Å². The van der Waals surface area contributed by atoms with Gasteiger partial charge in [0.05, 0.1) is 0 Å². The number of nitrogens with one attached hydrogen (secondary N) is 1. The molecule has 4 heteroatoms. The number of hydrogen-bond donors (Lipinski definition) is 2. The van der Waals surface area contributed by atoms with Crippen LogP contribution in [0.1, 0.15) is 32.8 Å². The minimum atomic E-state index is 0.208. The SMILES string of the molecule is CCN(CC)C(=O)CCNC(C)Cc1ccc(O)cc1. The summed E-state index contributed by atoms with van der Waals surface area (Å²) in [5.74, 6) is 0.499. The van der Waals surface area contributed by atoms with Crippen LogP contribution in [0.15, 0.2) is 24.3 Å². The van der Waals surface area contributed by atoms with Crippen molar-refractivity contribution in [1.82, 2.24) is 10.2 Å². The van der Waals surface area contributed by atoms with Crippen molar-refractivity contribution >= 4 is 5.91 Å². The largest absolute Gasteiger partial charge is 0.508 e. The Morgan fingerprint density at radius 3 is 2.40 bits per heavy atom. The van der Waals surface area contributed by atoms with Crippen LogP contribution in [0.2, 0.25) is 0 Å². The maximum Gasteiger partial charge on any atom is 0.223 e. The molecule has 0 bridgehead atoms. The van der Waals surface area contributed by atoms with Crippen molar-refractivity contribution < 1.29 is 9.90 Å². The summed E-state index contributed by atoms with van der Waals surface area (Å²) in [4.78, 5) is 13.7. The fraction of sp³-hybridized carbons (Fsp3) is 0.562. The molecule has 2 N–H and O–H groups in total. The summed E-state index contributed by atoms with van der Waals surface area (Å²) in [7, 11) is 0. The van der Waals surface area contributed by atoms with Crippen molar-refractivity contribution in [2.24, 2.45) is 0 Å². The molecule has 0 fully saturated rings. The molecule has 1 unspecified atom stereocenters. The third-order valence-electron chi connectivity index (χ3n) is 3.43. The van der Waals surface area contributed by atoms with Gasteiger partial charge in [-0.2, -0.15) is 0 Å². The Morgan fingerprint density at radius 1 is 1.25 bits per heavy atom. The van der Waals surface area contributed by atoms with Gasteiger partial charge in [-0.1, -0.05) is 12.1 Å². The molecule has 0 radical (unpaired) electrons. The van der Waals surface area contributed by atoms with E-state index in [2.05, 4.69) is 12.2 Å². The number of hydrogen-bond acceptors (Lipinski definition) is 3. The minimum Gasteiger partial charge on any atom is -0.508 e. The number of nitrogens with zero attached hydrogens (tertiary/aromatic N) is 1. The summed E-state index contributed by atoms with van der Waals surface area (Å²) in [6.07, 6.45) is 1.43. The molecule has 0 saturated heterocycles. The van der Waals surface area contributed by atoms with Crippen LogP contribution in [-0.2, 0) is 11.2 Å². The molecule has 0 aliphatic heterocycles. The van der Waals surface area contributed by atoms with Crippen LogP contribution in [0.25, 0.3) is 0 Å². The molecule has 1 rings (SSSR count). The van der Waals surface area contributed by atoms with Crippen molar-refractivity contribution in [3.05, 3.63) is 29.8 Å². The van der Waals surface area contributed by atoms with Crippen LogP contribution in [0.5, 0.6) is 5.75 Å². The lowest BCUT2D eigenvalue weighted by molar-refractivity contribution is -0.130. The average Bonchev–Trinajstić information content (AvgIpc) is 2.43. The fourth-order valence-electron chi connectivity index (χ4n) is 2.22. The summed E-state index contributed by atoms with van der Waals surface area (Å²) in [5, 5.41) is 12.6. The summed E-state index contributed by atoms with van der Waals surface area (Å²) < 4.78 is 0. The van der Waals surface area contributed by atoms with E-state index in [1.54, 1.807) is 12.1 Å². The third kappa shape index (κ3) is 5.61. The molecule has 1 aromatic rings. The van der Waals surface area contributed by atoms with Crippen molar-refractivity contribution in [2.75, 3.05) is 19.6 Å². The smallest absolute Gasteiger partial charge is 0.223 e. The highest BCUT2D eigenvalue weighted by Crippen LogP contribution is 2.11. The van der Waals surface area contributed by atoms with Crippen LogP contribution in [0, 0.1) is 0 Å². The number of rotatable bonds is 8. The second-order valence-corrected chi connectivity index (χ2v) is 5.04. The zero-order valence-electron chi connectivity index (χ0n) is 12.7. The number of aromatic hydroxyl groups is 1. The Labute approximate surface area is 121 Å². The molecule has 1 atom stereocenters. The Bertz CT molecular complexity index is 399. The van der Waals surface area contributed by atoms with Gasteiger partial charge in [0.2, 0.25) is 5.91 Å². The molecular formula is C16H26N2O2. The van der Waals surface area contributed by atoms with Crippen molar-refractivity contribution in [3.8, 4) is 5.75 Å². The van der Waals surface area contributed by atoms with Gasteiger partial charge in [-0.25, -0.2) is 0 Å². The lowest BCUT2D eigenvalue weighted by Gasteiger charge is -2.19. The van der Waals surface area contributed by atoms with Gasteiger partial charge >= 0.3 is 0 Å². The number of phenols is 1.